The van der Waals surface area contributed by atoms with Crippen molar-refractivity contribution in [3.8, 4) is 0 Å². The predicted octanol–water partition coefficient (Wildman–Crippen LogP) is 5.91. The van der Waals surface area contributed by atoms with E-state index in [-0.39, 0.29) is 17.9 Å². The van der Waals surface area contributed by atoms with E-state index in [4.69, 9.17) is 5.73 Å². The molecule has 0 aromatic rings. The summed E-state index contributed by atoms with van der Waals surface area (Å²) in [5, 5.41) is 0. The maximum atomic E-state index is 11.6. The number of carbonyl (C=O) groups excluding carboxylic acids is 1. The van der Waals surface area contributed by atoms with Gasteiger partial charge in [-0.25, -0.2) is 0 Å². The number of amides is 1. The summed E-state index contributed by atoms with van der Waals surface area (Å²) in [6, 6.07) is 0.236. The first kappa shape index (κ1) is 24.4. The molecule has 0 bridgehead atoms. The molecule has 150 valence electrons. The first-order valence-electron chi connectivity index (χ1n) is 11.0. The lowest BCUT2D eigenvalue weighted by Gasteiger charge is -2.27. The van der Waals surface area contributed by atoms with Crippen LogP contribution in [-0.2, 0) is 4.79 Å². The molecule has 0 fully saturated rings. The van der Waals surface area contributed by atoms with Gasteiger partial charge < -0.3 is 10.6 Å². The summed E-state index contributed by atoms with van der Waals surface area (Å²) in [4.78, 5) is 13.7. The molecule has 0 aliphatic heterocycles. The zero-order valence-corrected chi connectivity index (χ0v) is 17.7. The Hall–Kier alpha value is -0.570. The topological polar surface area (TPSA) is 46.3 Å². The fraction of sp³-hybridized carbons (Fsp3) is 0.955. The zero-order chi connectivity index (χ0) is 18.9. The van der Waals surface area contributed by atoms with Crippen LogP contribution in [0.2, 0.25) is 0 Å². The van der Waals surface area contributed by atoms with E-state index in [2.05, 4.69) is 18.7 Å². The Morgan fingerprint density at radius 1 is 0.760 bits per heavy atom. The van der Waals surface area contributed by atoms with Gasteiger partial charge in [0.15, 0.2) is 0 Å². The summed E-state index contributed by atoms with van der Waals surface area (Å²) in [7, 11) is 4.04. The van der Waals surface area contributed by atoms with Crippen LogP contribution < -0.4 is 5.73 Å². The third kappa shape index (κ3) is 14.3. The minimum atomic E-state index is -0.143. The van der Waals surface area contributed by atoms with Gasteiger partial charge in [-0.15, -0.1) is 0 Å². The SMILES string of the molecule is CCCCCCCCCCCCCCCCC(C(N)=O)C(C)N(C)C. The minimum absolute atomic E-state index is 0.00711. The van der Waals surface area contributed by atoms with Crippen molar-refractivity contribution >= 4 is 5.91 Å². The van der Waals surface area contributed by atoms with Crippen molar-refractivity contribution in [2.75, 3.05) is 14.1 Å². The van der Waals surface area contributed by atoms with Crippen molar-refractivity contribution in [3.05, 3.63) is 0 Å². The molecular weight excluding hydrogens is 308 g/mol. The third-order valence-electron chi connectivity index (χ3n) is 5.63. The van der Waals surface area contributed by atoms with Crippen LogP contribution in [0.1, 0.15) is 110 Å². The Labute approximate surface area is 158 Å². The molecule has 3 nitrogen and oxygen atoms in total. The van der Waals surface area contributed by atoms with E-state index in [1.54, 1.807) is 0 Å². The van der Waals surface area contributed by atoms with E-state index >= 15 is 0 Å². The van der Waals surface area contributed by atoms with Crippen LogP contribution in [0.15, 0.2) is 0 Å². The summed E-state index contributed by atoms with van der Waals surface area (Å²) in [5.41, 5.74) is 5.56. The summed E-state index contributed by atoms with van der Waals surface area (Å²) in [6.07, 6.45) is 20.1. The number of carbonyl (C=O) groups is 1. The summed E-state index contributed by atoms with van der Waals surface area (Å²) in [5.74, 6) is -0.150. The molecule has 0 heterocycles. The van der Waals surface area contributed by atoms with Gasteiger partial charge in [0.05, 0.1) is 5.92 Å². The molecule has 0 saturated carbocycles. The van der Waals surface area contributed by atoms with Crippen molar-refractivity contribution in [1.82, 2.24) is 4.90 Å². The Morgan fingerprint density at radius 3 is 1.44 bits per heavy atom. The number of nitrogens with two attached hydrogens (primary N) is 1. The number of primary amides is 1. The predicted molar refractivity (Wildman–Crippen MR) is 111 cm³/mol. The molecule has 0 radical (unpaired) electrons. The number of nitrogens with zero attached hydrogens (tertiary/aromatic N) is 1. The second kappa shape index (κ2) is 16.9. The molecule has 0 aromatic heterocycles. The number of unbranched alkanes of at least 4 members (excludes halogenated alkanes) is 13. The molecule has 0 rings (SSSR count). The van der Waals surface area contributed by atoms with Crippen LogP contribution in [0.3, 0.4) is 0 Å². The number of hydrogen-bond donors (Lipinski definition) is 1. The van der Waals surface area contributed by atoms with Crippen molar-refractivity contribution in [2.45, 2.75) is 116 Å². The maximum Gasteiger partial charge on any atom is 0.222 e. The fourth-order valence-corrected chi connectivity index (χ4v) is 3.54. The van der Waals surface area contributed by atoms with Gasteiger partial charge in [-0.2, -0.15) is 0 Å². The number of hydrogen-bond acceptors (Lipinski definition) is 2. The van der Waals surface area contributed by atoms with E-state index in [0.717, 1.165) is 12.8 Å². The van der Waals surface area contributed by atoms with Crippen molar-refractivity contribution in [1.29, 1.82) is 0 Å². The lowest BCUT2D eigenvalue weighted by molar-refractivity contribution is -0.123. The molecule has 2 N–H and O–H groups in total. The molecule has 0 saturated heterocycles. The Balaban J connectivity index is 3.42. The highest BCUT2D eigenvalue weighted by Gasteiger charge is 2.23. The van der Waals surface area contributed by atoms with Crippen LogP contribution in [0.5, 0.6) is 0 Å². The average molecular weight is 355 g/mol. The van der Waals surface area contributed by atoms with Crippen LogP contribution in [0, 0.1) is 5.92 Å². The van der Waals surface area contributed by atoms with E-state index in [1.807, 2.05) is 14.1 Å². The monoisotopic (exact) mass is 354 g/mol. The van der Waals surface area contributed by atoms with E-state index in [9.17, 15) is 4.79 Å². The largest absolute Gasteiger partial charge is 0.369 e. The second-order valence-electron chi connectivity index (χ2n) is 8.10. The molecule has 1 amide bonds. The first-order valence-corrected chi connectivity index (χ1v) is 11.0. The average Bonchev–Trinajstić information content (AvgIpc) is 2.57. The van der Waals surface area contributed by atoms with E-state index in [0.29, 0.717) is 0 Å². The molecule has 0 spiro atoms. The van der Waals surface area contributed by atoms with Crippen molar-refractivity contribution in [2.24, 2.45) is 11.7 Å². The van der Waals surface area contributed by atoms with Gasteiger partial charge in [-0.3, -0.25) is 4.79 Å². The van der Waals surface area contributed by atoms with Gasteiger partial charge in [0.1, 0.15) is 0 Å². The highest BCUT2D eigenvalue weighted by Crippen LogP contribution is 2.18. The normalized spacial score (nSPS) is 14.0. The molecular formula is C22H46N2O. The van der Waals surface area contributed by atoms with Crippen molar-refractivity contribution < 1.29 is 4.79 Å². The summed E-state index contributed by atoms with van der Waals surface area (Å²) in [6.45, 7) is 4.37. The van der Waals surface area contributed by atoms with Gasteiger partial charge in [0, 0.05) is 6.04 Å². The third-order valence-corrected chi connectivity index (χ3v) is 5.63. The van der Waals surface area contributed by atoms with Crippen LogP contribution in [0.25, 0.3) is 0 Å². The van der Waals surface area contributed by atoms with Gasteiger partial charge in [-0.1, -0.05) is 96.8 Å². The van der Waals surface area contributed by atoms with E-state index in [1.165, 1.54) is 83.5 Å². The van der Waals surface area contributed by atoms with Gasteiger partial charge in [0.2, 0.25) is 5.91 Å². The quantitative estimate of drug-likeness (QED) is 0.311. The van der Waals surface area contributed by atoms with Gasteiger partial charge in [-0.05, 0) is 27.4 Å². The minimum Gasteiger partial charge on any atom is -0.369 e. The Kier molecular flexibility index (Phi) is 16.5. The van der Waals surface area contributed by atoms with Crippen LogP contribution in [-0.4, -0.2) is 30.9 Å². The number of rotatable bonds is 18. The molecule has 3 heteroatoms. The first-order chi connectivity index (χ1) is 12.0. The van der Waals surface area contributed by atoms with Crippen molar-refractivity contribution in [3.63, 3.8) is 0 Å². The fourth-order valence-electron chi connectivity index (χ4n) is 3.54. The highest BCUT2D eigenvalue weighted by molar-refractivity contribution is 5.77. The Bertz CT molecular complexity index is 304. The standard InChI is InChI=1S/C22H46N2O/c1-5-6-7-8-9-10-11-12-13-14-15-16-17-18-19-21(22(23)25)20(2)24(3)4/h20-21H,5-19H2,1-4H3,(H2,23,25). The lowest BCUT2D eigenvalue weighted by Crippen LogP contribution is -2.40. The second-order valence-corrected chi connectivity index (χ2v) is 8.10. The zero-order valence-electron chi connectivity index (χ0n) is 17.7. The summed E-state index contributed by atoms with van der Waals surface area (Å²) >= 11 is 0. The smallest absolute Gasteiger partial charge is 0.222 e. The van der Waals surface area contributed by atoms with E-state index < -0.39 is 0 Å². The molecule has 0 aromatic carbocycles. The highest BCUT2D eigenvalue weighted by atomic mass is 16.1. The summed E-state index contributed by atoms with van der Waals surface area (Å²) < 4.78 is 0. The maximum absolute atomic E-state index is 11.6. The van der Waals surface area contributed by atoms with Gasteiger partial charge >= 0.3 is 0 Å². The molecule has 2 unspecified atom stereocenters. The van der Waals surface area contributed by atoms with Gasteiger partial charge in [0.25, 0.3) is 0 Å². The molecule has 2 atom stereocenters. The van der Waals surface area contributed by atoms with Crippen LogP contribution in [0.4, 0.5) is 0 Å². The molecule has 0 aliphatic rings. The lowest BCUT2D eigenvalue weighted by atomic mass is 9.92. The Morgan fingerprint density at radius 2 is 1.12 bits per heavy atom. The van der Waals surface area contributed by atoms with Crippen LogP contribution >= 0.6 is 0 Å². The molecule has 25 heavy (non-hydrogen) atoms. The molecule has 0 aliphatic carbocycles.